The zero-order valence-electron chi connectivity index (χ0n) is 17.1. The molecule has 0 fully saturated rings. The van der Waals surface area contributed by atoms with E-state index in [0.29, 0.717) is 17.8 Å². The third kappa shape index (κ3) is 4.11. The lowest BCUT2D eigenvalue weighted by Crippen LogP contribution is -2.20. The topological polar surface area (TPSA) is 57.6 Å². The third-order valence-electron chi connectivity index (χ3n) is 5.29. The highest BCUT2D eigenvalue weighted by atomic mass is 35.5. The molecule has 0 bridgehead atoms. The molecular weight excluding hydrogens is 434 g/mol. The number of amides is 1. The molecule has 0 saturated carbocycles. The van der Waals surface area contributed by atoms with E-state index in [-0.39, 0.29) is 22.3 Å². The Balaban J connectivity index is 1.72. The van der Waals surface area contributed by atoms with Gasteiger partial charge < -0.3 is 5.32 Å². The highest BCUT2D eigenvalue weighted by molar-refractivity contribution is 6.33. The van der Waals surface area contributed by atoms with Gasteiger partial charge in [-0.2, -0.15) is 5.10 Å². The van der Waals surface area contributed by atoms with Crippen molar-refractivity contribution in [2.24, 2.45) is 5.10 Å². The maximum atomic E-state index is 14.5. The average molecular weight is 453 g/mol. The number of allylic oxidation sites excluding steroid dienone is 1. The monoisotopic (exact) mass is 452 g/mol. The normalized spacial score (nSPS) is 14.9. The predicted octanol–water partition coefficient (Wildman–Crippen LogP) is 6.24. The molecule has 3 aromatic rings. The van der Waals surface area contributed by atoms with Crippen LogP contribution in [0, 0.1) is 11.6 Å². The zero-order valence-corrected chi connectivity index (χ0v) is 17.9. The summed E-state index contributed by atoms with van der Waals surface area (Å²) in [6.45, 7) is 5.64. The fourth-order valence-electron chi connectivity index (χ4n) is 3.70. The Kier molecular flexibility index (Phi) is 6.01. The molecule has 1 atom stereocenters. The van der Waals surface area contributed by atoms with Crippen LogP contribution < -0.4 is 10.3 Å². The number of pyridine rings is 1. The maximum Gasteiger partial charge on any atom is 0.258 e. The van der Waals surface area contributed by atoms with Crippen LogP contribution in [0.25, 0.3) is 5.70 Å². The Labute approximate surface area is 189 Å². The summed E-state index contributed by atoms with van der Waals surface area (Å²) in [5.41, 5.74) is 3.21. The largest absolute Gasteiger partial charge is 0.322 e. The van der Waals surface area contributed by atoms with E-state index in [1.165, 1.54) is 17.3 Å². The van der Waals surface area contributed by atoms with Gasteiger partial charge in [0.25, 0.3) is 5.91 Å². The van der Waals surface area contributed by atoms with Crippen molar-refractivity contribution in [2.75, 3.05) is 10.3 Å². The zero-order chi connectivity index (χ0) is 22.8. The van der Waals surface area contributed by atoms with Crippen LogP contribution in [0.2, 0.25) is 5.15 Å². The molecule has 1 aromatic heterocycles. The van der Waals surface area contributed by atoms with Crippen LogP contribution >= 0.6 is 11.6 Å². The van der Waals surface area contributed by atoms with Crippen molar-refractivity contribution in [3.63, 3.8) is 0 Å². The van der Waals surface area contributed by atoms with Gasteiger partial charge in [-0.25, -0.2) is 18.8 Å². The molecular formula is C24H19ClF2N4O. The summed E-state index contributed by atoms with van der Waals surface area (Å²) < 4.78 is 27.9. The number of rotatable bonds is 5. The van der Waals surface area contributed by atoms with E-state index in [9.17, 15) is 13.6 Å². The smallest absolute Gasteiger partial charge is 0.258 e. The number of carbonyl (C=O) groups is 1. The first-order valence-electron chi connectivity index (χ1n) is 9.87. The summed E-state index contributed by atoms with van der Waals surface area (Å²) >= 11 is 6.03. The minimum absolute atomic E-state index is 0.0738. The molecule has 0 saturated heterocycles. The van der Waals surface area contributed by atoms with Gasteiger partial charge in [-0.1, -0.05) is 30.7 Å². The minimum Gasteiger partial charge on any atom is -0.322 e. The van der Waals surface area contributed by atoms with Gasteiger partial charge in [0, 0.05) is 30.2 Å². The third-order valence-corrected chi connectivity index (χ3v) is 5.60. The van der Waals surface area contributed by atoms with Gasteiger partial charge in [0.2, 0.25) is 0 Å². The molecule has 5 nitrogen and oxygen atoms in total. The van der Waals surface area contributed by atoms with Gasteiger partial charge in [0.05, 0.1) is 11.3 Å². The quantitative estimate of drug-likeness (QED) is 0.283. The first kappa shape index (κ1) is 21.6. The average Bonchev–Trinajstić information content (AvgIpc) is 2.77. The second kappa shape index (κ2) is 8.88. The number of hydrogen-bond donors (Lipinski definition) is 1. The maximum absolute atomic E-state index is 14.5. The van der Waals surface area contributed by atoms with Crippen molar-refractivity contribution in [2.45, 2.75) is 19.3 Å². The van der Waals surface area contributed by atoms with E-state index in [1.54, 1.807) is 24.3 Å². The molecule has 1 aliphatic carbocycles. The molecule has 1 unspecified atom stereocenters. The van der Waals surface area contributed by atoms with Crippen LogP contribution in [0.5, 0.6) is 0 Å². The summed E-state index contributed by atoms with van der Waals surface area (Å²) in [5.74, 6) is -1.63. The fraction of sp³-hybridized carbons (Fsp3) is 0.125. The number of fused-ring (bicyclic) bond motifs is 1. The highest BCUT2D eigenvalue weighted by Gasteiger charge is 2.25. The second-order valence-electron chi connectivity index (χ2n) is 7.37. The van der Waals surface area contributed by atoms with Crippen LogP contribution in [0.4, 0.5) is 20.2 Å². The Morgan fingerprint density at radius 3 is 2.78 bits per heavy atom. The SMILES string of the molecule is C=NN(C1=CCC(C)c2ccc(NC(=O)c3cccnc3Cl)cc21)c1ccc(F)cc1F. The number of nitrogens with zero attached hydrogens (tertiary/aromatic N) is 3. The molecule has 2 aromatic carbocycles. The van der Waals surface area contributed by atoms with Crippen LogP contribution in [0.15, 0.2) is 65.9 Å². The van der Waals surface area contributed by atoms with E-state index in [0.717, 1.165) is 23.3 Å². The molecule has 0 radical (unpaired) electrons. The molecule has 162 valence electrons. The summed E-state index contributed by atoms with van der Waals surface area (Å²) in [6, 6.07) is 12.0. The molecule has 0 spiro atoms. The molecule has 1 amide bonds. The van der Waals surface area contributed by atoms with E-state index < -0.39 is 17.5 Å². The number of aromatic nitrogens is 1. The van der Waals surface area contributed by atoms with Crippen molar-refractivity contribution in [3.05, 3.63) is 94.3 Å². The predicted molar refractivity (Wildman–Crippen MR) is 123 cm³/mol. The van der Waals surface area contributed by atoms with Crippen LogP contribution in [-0.2, 0) is 0 Å². The molecule has 0 aliphatic heterocycles. The van der Waals surface area contributed by atoms with Crippen LogP contribution in [-0.4, -0.2) is 17.6 Å². The van der Waals surface area contributed by atoms with E-state index >= 15 is 0 Å². The lowest BCUT2D eigenvalue weighted by Gasteiger charge is -2.29. The standard InChI is InChI=1S/C24H19ClF2N4O/c1-14-5-9-21(31(28-2)22-10-6-15(26)12-20(22)27)19-13-16(7-8-17(14)19)30-24(32)18-4-3-11-29-23(18)25/h3-4,6-14H,2,5H2,1H3,(H,30,32). The summed E-state index contributed by atoms with van der Waals surface area (Å²) in [5, 5.41) is 8.25. The number of hydrogen-bond acceptors (Lipinski definition) is 4. The molecule has 1 N–H and O–H groups in total. The number of carbonyl (C=O) groups excluding carboxylic acids is 1. The van der Waals surface area contributed by atoms with Gasteiger partial charge >= 0.3 is 0 Å². The molecule has 1 heterocycles. The number of hydrazone groups is 1. The van der Waals surface area contributed by atoms with Crippen molar-refractivity contribution >= 4 is 41.3 Å². The van der Waals surface area contributed by atoms with Crippen molar-refractivity contribution in [3.8, 4) is 0 Å². The van der Waals surface area contributed by atoms with Crippen LogP contribution in [0.3, 0.4) is 0 Å². The lowest BCUT2D eigenvalue weighted by atomic mass is 9.86. The lowest BCUT2D eigenvalue weighted by molar-refractivity contribution is 0.102. The van der Waals surface area contributed by atoms with Gasteiger partial charge in [-0.15, -0.1) is 0 Å². The van der Waals surface area contributed by atoms with Crippen molar-refractivity contribution in [1.82, 2.24) is 4.98 Å². The Hall–Kier alpha value is -3.58. The second-order valence-corrected chi connectivity index (χ2v) is 7.73. The molecule has 4 rings (SSSR count). The highest BCUT2D eigenvalue weighted by Crippen LogP contribution is 2.40. The number of benzene rings is 2. The number of halogens is 3. The van der Waals surface area contributed by atoms with Gasteiger partial charge in [0.15, 0.2) is 5.82 Å². The summed E-state index contributed by atoms with van der Waals surface area (Å²) in [6.07, 6.45) is 4.13. The van der Waals surface area contributed by atoms with E-state index in [1.807, 2.05) is 12.1 Å². The Bertz CT molecular complexity index is 1240. The van der Waals surface area contributed by atoms with Crippen molar-refractivity contribution < 1.29 is 13.6 Å². The molecule has 8 heteroatoms. The fourth-order valence-corrected chi connectivity index (χ4v) is 3.91. The van der Waals surface area contributed by atoms with Crippen LogP contribution in [0.1, 0.15) is 40.7 Å². The van der Waals surface area contributed by atoms with E-state index in [4.69, 9.17) is 11.6 Å². The first-order valence-corrected chi connectivity index (χ1v) is 10.2. The number of anilines is 2. The van der Waals surface area contributed by atoms with Crippen molar-refractivity contribution in [1.29, 1.82) is 0 Å². The van der Waals surface area contributed by atoms with E-state index in [2.05, 4.69) is 29.0 Å². The van der Waals surface area contributed by atoms with Gasteiger partial charge in [-0.05, 0) is 54.3 Å². The Morgan fingerprint density at radius 2 is 2.06 bits per heavy atom. The minimum atomic E-state index is -0.755. The Morgan fingerprint density at radius 1 is 1.25 bits per heavy atom. The van der Waals surface area contributed by atoms with Gasteiger partial charge in [0.1, 0.15) is 16.7 Å². The van der Waals surface area contributed by atoms with Gasteiger partial charge in [-0.3, -0.25) is 4.79 Å². The summed E-state index contributed by atoms with van der Waals surface area (Å²) in [4.78, 5) is 16.6. The summed E-state index contributed by atoms with van der Waals surface area (Å²) in [7, 11) is 0. The molecule has 32 heavy (non-hydrogen) atoms. The number of nitrogens with one attached hydrogen (secondary N) is 1. The first-order chi connectivity index (χ1) is 15.4. The molecule has 1 aliphatic rings.